The highest BCUT2D eigenvalue weighted by Crippen LogP contribution is 2.25. The van der Waals surface area contributed by atoms with Crippen molar-refractivity contribution in [2.45, 2.75) is 5.03 Å². The third kappa shape index (κ3) is 2.80. The molecule has 3 heterocycles. The van der Waals surface area contributed by atoms with Crippen molar-refractivity contribution in [1.82, 2.24) is 19.9 Å². The van der Waals surface area contributed by atoms with Gasteiger partial charge in [0.15, 0.2) is 11.5 Å². The molecule has 0 aliphatic carbocycles. The number of rotatable bonds is 5. The molecule has 0 radical (unpaired) electrons. The highest BCUT2D eigenvalue weighted by atomic mass is 32.2. The predicted octanol–water partition coefficient (Wildman–Crippen LogP) is 2.89. The van der Waals surface area contributed by atoms with Crippen LogP contribution in [0.3, 0.4) is 0 Å². The molecule has 0 aliphatic heterocycles. The average molecular weight is 326 g/mol. The van der Waals surface area contributed by atoms with E-state index in [0.717, 1.165) is 39.7 Å². The number of nitrogens with two attached hydrogens (primary N) is 1. The summed E-state index contributed by atoms with van der Waals surface area (Å²) in [6.07, 6.45) is 1.59. The molecular formula is C15H14N6OS. The lowest BCUT2D eigenvalue weighted by Gasteiger charge is -2.04. The highest BCUT2D eigenvalue weighted by Gasteiger charge is 2.09. The molecule has 0 spiro atoms. The van der Waals surface area contributed by atoms with Crippen molar-refractivity contribution in [1.29, 1.82) is 0 Å². The molecule has 0 saturated carbocycles. The van der Waals surface area contributed by atoms with Crippen LogP contribution in [0.15, 0.2) is 46.1 Å². The molecule has 4 rings (SSSR count). The maximum absolute atomic E-state index is 5.72. The molecule has 0 fully saturated rings. The fourth-order valence-corrected chi connectivity index (χ4v) is 3.17. The van der Waals surface area contributed by atoms with Crippen molar-refractivity contribution in [2.24, 2.45) is 0 Å². The molecule has 116 valence electrons. The summed E-state index contributed by atoms with van der Waals surface area (Å²) < 4.78 is 5.72. The zero-order valence-corrected chi connectivity index (χ0v) is 12.9. The number of aromatic nitrogens is 4. The number of nitrogen functional groups attached to an aromatic ring is 1. The van der Waals surface area contributed by atoms with E-state index in [4.69, 9.17) is 10.2 Å². The van der Waals surface area contributed by atoms with Crippen molar-refractivity contribution in [3.05, 3.63) is 36.7 Å². The van der Waals surface area contributed by atoms with Gasteiger partial charge in [-0.1, -0.05) is 18.2 Å². The molecule has 0 bridgehead atoms. The van der Waals surface area contributed by atoms with Crippen LogP contribution in [0.5, 0.6) is 0 Å². The SMILES string of the molecule is Nc1nc(SCCNc2cc3ccccc3o2)c2[nH]cnc2n1. The maximum Gasteiger partial charge on any atom is 0.223 e. The molecule has 1 aromatic carbocycles. The number of thioether (sulfide) groups is 1. The number of para-hydroxylation sites is 1. The normalized spacial score (nSPS) is 11.3. The topological polar surface area (TPSA) is 106 Å². The molecule has 8 heteroatoms. The lowest BCUT2D eigenvalue weighted by atomic mass is 10.3. The summed E-state index contributed by atoms with van der Waals surface area (Å²) in [6, 6.07) is 9.92. The molecule has 0 atom stereocenters. The van der Waals surface area contributed by atoms with E-state index in [1.54, 1.807) is 18.1 Å². The van der Waals surface area contributed by atoms with Crippen LogP contribution in [0.25, 0.3) is 22.1 Å². The van der Waals surface area contributed by atoms with Crippen molar-refractivity contribution >= 4 is 45.7 Å². The summed E-state index contributed by atoms with van der Waals surface area (Å²) in [6.45, 7) is 0.740. The van der Waals surface area contributed by atoms with E-state index in [1.165, 1.54) is 0 Å². The van der Waals surface area contributed by atoms with Crippen molar-refractivity contribution in [2.75, 3.05) is 23.3 Å². The van der Waals surface area contributed by atoms with E-state index < -0.39 is 0 Å². The van der Waals surface area contributed by atoms with E-state index in [1.807, 2.05) is 30.3 Å². The minimum Gasteiger partial charge on any atom is -0.441 e. The Morgan fingerprint density at radius 1 is 1.26 bits per heavy atom. The second kappa shape index (κ2) is 5.81. The standard InChI is InChI=1S/C15H14N6OS/c16-15-20-13-12(18-8-19-13)14(21-15)23-6-5-17-11-7-9-3-1-2-4-10(9)22-11/h1-4,7-8,17H,5-6H2,(H3,16,18,19,20,21). The molecular weight excluding hydrogens is 312 g/mol. The Bertz CT molecular complexity index is 930. The maximum atomic E-state index is 5.72. The van der Waals surface area contributed by atoms with Gasteiger partial charge in [-0.3, -0.25) is 0 Å². The smallest absolute Gasteiger partial charge is 0.223 e. The largest absolute Gasteiger partial charge is 0.441 e. The molecule has 0 unspecified atom stereocenters. The lowest BCUT2D eigenvalue weighted by Crippen LogP contribution is -2.04. The van der Waals surface area contributed by atoms with Crippen molar-refractivity contribution in [3.8, 4) is 0 Å². The molecule has 23 heavy (non-hydrogen) atoms. The van der Waals surface area contributed by atoms with Gasteiger partial charge in [0.05, 0.1) is 6.33 Å². The third-order valence-electron chi connectivity index (χ3n) is 3.34. The number of anilines is 2. The minimum atomic E-state index is 0.234. The number of nitrogens with one attached hydrogen (secondary N) is 2. The summed E-state index contributed by atoms with van der Waals surface area (Å²) in [5, 5.41) is 5.16. The van der Waals surface area contributed by atoms with E-state index in [9.17, 15) is 0 Å². The van der Waals surface area contributed by atoms with E-state index >= 15 is 0 Å². The Morgan fingerprint density at radius 3 is 3.09 bits per heavy atom. The Labute approximate surface area is 135 Å². The number of imidazole rings is 1. The number of nitrogens with zero attached hydrogens (tertiary/aromatic N) is 3. The Morgan fingerprint density at radius 2 is 2.17 bits per heavy atom. The number of benzene rings is 1. The van der Waals surface area contributed by atoms with Gasteiger partial charge in [0.1, 0.15) is 16.1 Å². The first kappa shape index (κ1) is 13.9. The third-order valence-corrected chi connectivity index (χ3v) is 4.31. The van der Waals surface area contributed by atoms with Crippen LogP contribution in [0.1, 0.15) is 0 Å². The molecule has 0 saturated heterocycles. The molecule has 3 aromatic heterocycles. The van der Waals surface area contributed by atoms with Gasteiger partial charge in [-0.15, -0.1) is 11.8 Å². The van der Waals surface area contributed by atoms with Crippen LogP contribution >= 0.6 is 11.8 Å². The zero-order valence-electron chi connectivity index (χ0n) is 12.1. The summed E-state index contributed by atoms with van der Waals surface area (Å²) in [5.74, 6) is 1.81. The lowest BCUT2D eigenvalue weighted by molar-refractivity contribution is 0.628. The Kier molecular flexibility index (Phi) is 3.51. The zero-order chi connectivity index (χ0) is 15.6. The fraction of sp³-hybridized carbons (Fsp3) is 0.133. The predicted molar refractivity (Wildman–Crippen MR) is 91.5 cm³/mol. The second-order valence-corrected chi connectivity index (χ2v) is 6.00. The molecule has 4 aromatic rings. The van der Waals surface area contributed by atoms with Gasteiger partial charge in [-0.05, 0) is 6.07 Å². The van der Waals surface area contributed by atoms with Crippen LogP contribution in [-0.2, 0) is 0 Å². The quantitative estimate of drug-likeness (QED) is 0.294. The van der Waals surface area contributed by atoms with E-state index in [0.29, 0.717) is 5.65 Å². The van der Waals surface area contributed by atoms with Crippen LogP contribution < -0.4 is 11.1 Å². The van der Waals surface area contributed by atoms with Crippen LogP contribution in [0, 0.1) is 0 Å². The molecule has 7 nitrogen and oxygen atoms in total. The van der Waals surface area contributed by atoms with Crippen molar-refractivity contribution in [3.63, 3.8) is 0 Å². The molecule has 4 N–H and O–H groups in total. The first-order chi connectivity index (χ1) is 11.3. The highest BCUT2D eigenvalue weighted by molar-refractivity contribution is 7.99. The van der Waals surface area contributed by atoms with Gasteiger partial charge in [-0.2, -0.15) is 4.98 Å². The minimum absolute atomic E-state index is 0.234. The Hall–Kier alpha value is -2.74. The van der Waals surface area contributed by atoms with Crippen molar-refractivity contribution < 1.29 is 4.42 Å². The van der Waals surface area contributed by atoms with Gasteiger partial charge >= 0.3 is 0 Å². The van der Waals surface area contributed by atoms with Crippen LogP contribution in [-0.4, -0.2) is 32.2 Å². The number of aromatic amines is 1. The van der Waals surface area contributed by atoms with Gasteiger partial charge < -0.3 is 20.5 Å². The van der Waals surface area contributed by atoms with Gasteiger partial charge in [0.25, 0.3) is 0 Å². The van der Waals surface area contributed by atoms with Gasteiger partial charge in [0, 0.05) is 23.8 Å². The van der Waals surface area contributed by atoms with Crippen LogP contribution in [0.4, 0.5) is 11.8 Å². The van der Waals surface area contributed by atoms with Gasteiger partial charge in [0.2, 0.25) is 5.95 Å². The monoisotopic (exact) mass is 326 g/mol. The second-order valence-electron chi connectivity index (χ2n) is 4.91. The average Bonchev–Trinajstić information content (AvgIpc) is 3.17. The first-order valence-electron chi connectivity index (χ1n) is 7.11. The number of fused-ring (bicyclic) bond motifs is 2. The fourth-order valence-electron chi connectivity index (χ4n) is 2.32. The summed E-state index contributed by atoms with van der Waals surface area (Å²) in [5.41, 5.74) is 7.98. The summed E-state index contributed by atoms with van der Waals surface area (Å²) in [4.78, 5) is 15.5. The number of H-pyrrole nitrogens is 1. The van der Waals surface area contributed by atoms with E-state index in [2.05, 4.69) is 25.3 Å². The Balaban J connectivity index is 1.40. The number of hydrogen-bond acceptors (Lipinski definition) is 7. The molecule has 0 aliphatic rings. The van der Waals surface area contributed by atoms with E-state index in [-0.39, 0.29) is 5.95 Å². The number of furan rings is 1. The van der Waals surface area contributed by atoms with Gasteiger partial charge in [-0.25, -0.2) is 9.97 Å². The number of hydrogen-bond donors (Lipinski definition) is 3. The molecule has 0 amide bonds. The summed E-state index contributed by atoms with van der Waals surface area (Å²) >= 11 is 1.59. The van der Waals surface area contributed by atoms with Crippen LogP contribution in [0.2, 0.25) is 0 Å². The first-order valence-corrected chi connectivity index (χ1v) is 8.10. The summed E-state index contributed by atoms with van der Waals surface area (Å²) in [7, 11) is 0.